The molecule has 1 aromatic rings. The van der Waals surface area contributed by atoms with Crippen molar-refractivity contribution in [1.29, 1.82) is 0 Å². The average Bonchev–Trinajstić information content (AvgIpc) is 2.48. The van der Waals surface area contributed by atoms with Crippen molar-refractivity contribution in [2.45, 2.75) is 50.7 Å². The average molecular weight is 262 g/mol. The van der Waals surface area contributed by atoms with E-state index in [0.29, 0.717) is 12.1 Å². The van der Waals surface area contributed by atoms with Crippen LogP contribution in [0.2, 0.25) is 0 Å². The Bertz CT molecular complexity index is 342. The molecule has 3 N–H and O–H groups in total. The maximum Gasteiger partial charge on any atom is 0.0443 e. The molecule has 0 amide bonds. The monoisotopic (exact) mass is 262 g/mol. The van der Waals surface area contributed by atoms with Gasteiger partial charge in [-0.05, 0) is 31.4 Å². The van der Waals surface area contributed by atoms with E-state index in [1.165, 1.54) is 31.2 Å². The molecule has 3 heteroatoms. The van der Waals surface area contributed by atoms with Crippen LogP contribution in [0.3, 0.4) is 0 Å². The third-order valence-electron chi connectivity index (χ3n) is 3.92. The topological polar surface area (TPSA) is 44.3 Å². The lowest BCUT2D eigenvalue weighted by Crippen LogP contribution is -2.49. The van der Waals surface area contributed by atoms with Crippen LogP contribution >= 0.6 is 0 Å². The van der Waals surface area contributed by atoms with Crippen molar-refractivity contribution in [2.24, 2.45) is 0 Å². The van der Waals surface area contributed by atoms with E-state index in [0.717, 1.165) is 19.5 Å². The molecule has 0 aliphatic heterocycles. The molecule has 106 valence electrons. The van der Waals surface area contributed by atoms with Crippen LogP contribution in [0.15, 0.2) is 30.3 Å². The zero-order valence-corrected chi connectivity index (χ0v) is 11.6. The van der Waals surface area contributed by atoms with Gasteiger partial charge in [-0.1, -0.05) is 43.2 Å². The molecular formula is C16H26N2O. The Morgan fingerprint density at radius 2 is 1.68 bits per heavy atom. The quantitative estimate of drug-likeness (QED) is 0.659. The van der Waals surface area contributed by atoms with Gasteiger partial charge in [-0.2, -0.15) is 0 Å². The van der Waals surface area contributed by atoms with Crippen molar-refractivity contribution in [3.63, 3.8) is 0 Å². The fourth-order valence-electron chi connectivity index (χ4n) is 2.83. The van der Waals surface area contributed by atoms with Gasteiger partial charge in [0.05, 0.1) is 0 Å². The Morgan fingerprint density at radius 1 is 1.00 bits per heavy atom. The molecule has 1 fully saturated rings. The van der Waals surface area contributed by atoms with Crippen LogP contribution in [0.5, 0.6) is 0 Å². The first kappa shape index (κ1) is 14.5. The summed E-state index contributed by atoms with van der Waals surface area (Å²) in [5, 5.41) is 16.1. The predicted molar refractivity (Wildman–Crippen MR) is 79.0 cm³/mol. The smallest absolute Gasteiger partial charge is 0.0443 e. The van der Waals surface area contributed by atoms with Crippen LogP contribution in [0.4, 0.5) is 0 Å². The fourth-order valence-corrected chi connectivity index (χ4v) is 2.83. The van der Waals surface area contributed by atoms with Gasteiger partial charge in [-0.3, -0.25) is 0 Å². The molecule has 2 atom stereocenters. The molecule has 0 bridgehead atoms. The number of nitrogens with one attached hydrogen (secondary N) is 2. The van der Waals surface area contributed by atoms with Gasteiger partial charge in [-0.25, -0.2) is 0 Å². The van der Waals surface area contributed by atoms with Crippen LogP contribution in [-0.4, -0.2) is 30.3 Å². The van der Waals surface area contributed by atoms with Gasteiger partial charge in [0.1, 0.15) is 0 Å². The van der Waals surface area contributed by atoms with Gasteiger partial charge in [0.15, 0.2) is 0 Å². The van der Waals surface area contributed by atoms with Crippen molar-refractivity contribution in [3.8, 4) is 0 Å². The zero-order chi connectivity index (χ0) is 13.3. The molecule has 0 aromatic heterocycles. The Balaban J connectivity index is 1.78. The number of benzene rings is 1. The van der Waals surface area contributed by atoms with Crippen LogP contribution in [0.1, 0.15) is 37.7 Å². The summed E-state index contributed by atoms with van der Waals surface area (Å²) in [6, 6.07) is 11.7. The number of aliphatic hydroxyl groups is 1. The summed E-state index contributed by atoms with van der Waals surface area (Å²) >= 11 is 0. The highest BCUT2D eigenvalue weighted by Crippen LogP contribution is 2.19. The van der Waals surface area contributed by atoms with Gasteiger partial charge in [0, 0.05) is 25.2 Å². The molecule has 0 unspecified atom stereocenters. The van der Waals surface area contributed by atoms with E-state index in [4.69, 9.17) is 5.11 Å². The largest absolute Gasteiger partial charge is 0.396 e. The van der Waals surface area contributed by atoms with Crippen LogP contribution in [0.25, 0.3) is 0 Å². The van der Waals surface area contributed by atoms with Crippen LogP contribution in [0, 0.1) is 0 Å². The summed E-state index contributed by atoms with van der Waals surface area (Å²) in [5.74, 6) is 0. The predicted octanol–water partition coefficient (Wildman–Crippen LogP) is 2.06. The third-order valence-corrected chi connectivity index (χ3v) is 3.92. The highest BCUT2D eigenvalue weighted by atomic mass is 16.3. The number of aliphatic hydroxyl groups excluding tert-OH is 1. The van der Waals surface area contributed by atoms with Gasteiger partial charge in [0.2, 0.25) is 0 Å². The summed E-state index contributed by atoms with van der Waals surface area (Å²) in [4.78, 5) is 0. The maximum absolute atomic E-state index is 8.86. The number of hydrogen-bond donors (Lipinski definition) is 3. The lowest BCUT2D eigenvalue weighted by atomic mass is 9.90. The van der Waals surface area contributed by atoms with Gasteiger partial charge >= 0.3 is 0 Å². The molecule has 1 aromatic carbocycles. The minimum Gasteiger partial charge on any atom is -0.396 e. The summed E-state index contributed by atoms with van der Waals surface area (Å²) < 4.78 is 0. The maximum atomic E-state index is 8.86. The van der Waals surface area contributed by atoms with E-state index in [2.05, 4.69) is 41.0 Å². The SMILES string of the molecule is OCCCN[C@H]1CCCC[C@@H]1NCc1ccccc1. The second-order valence-corrected chi connectivity index (χ2v) is 5.40. The van der Waals surface area contributed by atoms with Gasteiger partial charge in [0.25, 0.3) is 0 Å². The van der Waals surface area contributed by atoms with E-state index in [-0.39, 0.29) is 6.61 Å². The summed E-state index contributed by atoms with van der Waals surface area (Å²) in [5.41, 5.74) is 1.35. The standard InChI is InChI=1S/C16H26N2O/c19-12-6-11-17-15-9-4-5-10-16(15)18-13-14-7-2-1-3-8-14/h1-3,7-8,15-19H,4-6,9-13H2/t15-,16-/m0/s1. The molecule has 1 aliphatic carbocycles. The number of hydrogen-bond acceptors (Lipinski definition) is 3. The molecule has 19 heavy (non-hydrogen) atoms. The summed E-state index contributed by atoms with van der Waals surface area (Å²) in [6.07, 6.45) is 5.99. The molecule has 1 aliphatic rings. The zero-order valence-electron chi connectivity index (χ0n) is 11.6. The highest BCUT2D eigenvalue weighted by molar-refractivity contribution is 5.14. The van der Waals surface area contributed by atoms with E-state index < -0.39 is 0 Å². The Hall–Kier alpha value is -0.900. The third kappa shape index (κ3) is 4.94. The number of rotatable bonds is 7. The van der Waals surface area contributed by atoms with Crippen molar-refractivity contribution >= 4 is 0 Å². The second-order valence-electron chi connectivity index (χ2n) is 5.40. The first-order valence-electron chi connectivity index (χ1n) is 7.51. The van der Waals surface area contributed by atoms with Crippen molar-refractivity contribution < 1.29 is 5.11 Å². The molecular weight excluding hydrogens is 236 g/mol. The van der Waals surface area contributed by atoms with Crippen molar-refractivity contribution in [2.75, 3.05) is 13.2 Å². The van der Waals surface area contributed by atoms with Crippen LogP contribution < -0.4 is 10.6 Å². The lowest BCUT2D eigenvalue weighted by Gasteiger charge is -2.33. The van der Waals surface area contributed by atoms with Crippen molar-refractivity contribution in [3.05, 3.63) is 35.9 Å². The minimum absolute atomic E-state index is 0.280. The second kappa shape index (κ2) is 8.31. The summed E-state index contributed by atoms with van der Waals surface area (Å²) in [7, 11) is 0. The fraction of sp³-hybridized carbons (Fsp3) is 0.625. The first-order valence-corrected chi connectivity index (χ1v) is 7.51. The van der Waals surface area contributed by atoms with Crippen molar-refractivity contribution in [1.82, 2.24) is 10.6 Å². The van der Waals surface area contributed by atoms with Gasteiger partial charge in [-0.15, -0.1) is 0 Å². The molecule has 0 saturated heterocycles. The Labute approximate surface area is 116 Å². The molecule has 0 radical (unpaired) electrons. The van der Waals surface area contributed by atoms with E-state index in [1.807, 2.05) is 0 Å². The molecule has 0 heterocycles. The summed E-state index contributed by atoms with van der Waals surface area (Å²) in [6.45, 7) is 2.15. The molecule has 3 nitrogen and oxygen atoms in total. The van der Waals surface area contributed by atoms with E-state index >= 15 is 0 Å². The highest BCUT2D eigenvalue weighted by Gasteiger charge is 2.23. The molecule has 0 spiro atoms. The van der Waals surface area contributed by atoms with E-state index in [1.54, 1.807) is 0 Å². The normalized spacial score (nSPS) is 23.4. The van der Waals surface area contributed by atoms with Crippen LogP contribution in [-0.2, 0) is 6.54 Å². The Kier molecular flexibility index (Phi) is 6.34. The Morgan fingerprint density at radius 3 is 2.37 bits per heavy atom. The van der Waals surface area contributed by atoms with Gasteiger partial charge < -0.3 is 15.7 Å². The molecule has 2 rings (SSSR count). The minimum atomic E-state index is 0.280. The molecule has 1 saturated carbocycles. The first-order chi connectivity index (χ1) is 9.40. The van der Waals surface area contributed by atoms with E-state index in [9.17, 15) is 0 Å². The lowest BCUT2D eigenvalue weighted by molar-refractivity contribution is 0.257.